The van der Waals surface area contributed by atoms with Crippen LogP contribution >= 0.6 is 0 Å². The van der Waals surface area contributed by atoms with E-state index in [4.69, 9.17) is 5.73 Å². The molecule has 0 spiro atoms. The highest BCUT2D eigenvalue weighted by molar-refractivity contribution is 5.82. The van der Waals surface area contributed by atoms with E-state index in [-0.39, 0.29) is 5.91 Å². The predicted octanol–water partition coefficient (Wildman–Crippen LogP) is 1.17. The third-order valence-corrected chi connectivity index (χ3v) is 3.15. The number of aromatic nitrogens is 2. The van der Waals surface area contributed by atoms with Gasteiger partial charge in [-0.2, -0.15) is 5.10 Å². The van der Waals surface area contributed by atoms with Gasteiger partial charge in [0.15, 0.2) is 0 Å². The molecule has 0 saturated heterocycles. The van der Waals surface area contributed by atoms with E-state index < -0.39 is 6.04 Å². The third-order valence-electron chi connectivity index (χ3n) is 3.15. The standard InChI is InChI=1S/C15H20N4O/c1-19-11-13(10-18-19)14(16)15(20)17-9-5-8-12-6-3-2-4-7-12/h2-4,6-7,10-11,14H,5,8-9,16H2,1H3,(H,17,20). The summed E-state index contributed by atoms with van der Waals surface area (Å²) >= 11 is 0. The van der Waals surface area contributed by atoms with Crippen LogP contribution in [0.3, 0.4) is 0 Å². The summed E-state index contributed by atoms with van der Waals surface area (Å²) in [5.41, 5.74) is 7.89. The average molecular weight is 272 g/mol. The van der Waals surface area contributed by atoms with Gasteiger partial charge in [0, 0.05) is 25.4 Å². The van der Waals surface area contributed by atoms with Crippen molar-refractivity contribution in [2.24, 2.45) is 12.8 Å². The van der Waals surface area contributed by atoms with E-state index >= 15 is 0 Å². The van der Waals surface area contributed by atoms with Gasteiger partial charge in [-0.15, -0.1) is 0 Å². The van der Waals surface area contributed by atoms with Gasteiger partial charge in [0.2, 0.25) is 5.91 Å². The smallest absolute Gasteiger partial charge is 0.241 e. The van der Waals surface area contributed by atoms with Gasteiger partial charge in [0.25, 0.3) is 0 Å². The van der Waals surface area contributed by atoms with E-state index in [1.165, 1.54) is 5.56 Å². The van der Waals surface area contributed by atoms with Gasteiger partial charge in [0.05, 0.1) is 6.20 Å². The molecule has 1 amide bonds. The number of nitrogens with two attached hydrogens (primary N) is 1. The van der Waals surface area contributed by atoms with Gasteiger partial charge < -0.3 is 11.1 Å². The molecule has 106 valence electrons. The summed E-state index contributed by atoms with van der Waals surface area (Å²) in [6.45, 7) is 0.627. The molecule has 2 aromatic rings. The number of carbonyl (C=O) groups excluding carboxylic acids is 1. The lowest BCUT2D eigenvalue weighted by Crippen LogP contribution is -2.34. The fourth-order valence-electron chi connectivity index (χ4n) is 2.01. The molecule has 3 N–H and O–H groups in total. The number of aryl methyl sites for hydroxylation is 2. The maximum absolute atomic E-state index is 11.9. The van der Waals surface area contributed by atoms with Crippen molar-refractivity contribution in [3.8, 4) is 0 Å². The van der Waals surface area contributed by atoms with E-state index in [0.717, 1.165) is 18.4 Å². The lowest BCUT2D eigenvalue weighted by molar-refractivity contribution is -0.122. The van der Waals surface area contributed by atoms with Crippen LogP contribution < -0.4 is 11.1 Å². The fraction of sp³-hybridized carbons (Fsp3) is 0.333. The first-order valence-electron chi connectivity index (χ1n) is 6.72. The van der Waals surface area contributed by atoms with E-state index in [1.807, 2.05) is 18.2 Å². The van der Waals surface area contributed by atoms with Crippen molar-refractivity contribution < 1.29 is 4.79 Å². The third kappa shape index (κ3) is 3.93. The van der Waals surface area contributed by atoms with Crippen molar-refractivity contribution in [3.05, 3.63) is 53.9 Å². The number of hydrogen-bond donors (Lipinski definition) is 2. The molecule has 0 aliphatic heterocycles. The first-order chi connectivity index (χ1) is 9.66. The Balaban J connectivity index is 1.72. The second-order valence-corrected chi connectivity index (χ2v) is 4.81. The Bertz CT molecular complexity index is 550. The highest BCUT2D eigenvalue weighted by atomic mass is 16.2. The number of benzene rings is 1. The van der Waals surface area contributed by atoms with Gasteiger partial charge >= 0.3 is 0 Å². The molecule has 1 aromatic carbocycles. The van der Waals surface area contributed by atoms with E-state index in [1.54, 1.807) is 24.1 Å². The Morgan fingerprint density at radius 2 is 2.15 bits per heavy atom. The topological polar surface area (TPSA) is 72.9 Å². The van der Waals surface area contributed by atoms with Gasteiger partial charge in [-0.3, -0.25) is 9.48 Å². The summed E-state index contributed by atoms with van der Waals surface area (Å²) in [6.07, 6.45) is 5.22. The second kappa shape index (κ2) is 6.86. The summed E-state index contributed by atoms with van der Waals surface area (Å²) in [4.78, 5) is 11.9. The van der Waals surface area contributed by atoms with Gasteiger partial charge in [-0.25, -0.2) is 0 Å². The average Bonchev–Trinajstić information content (AvgIpc) is 2.90. The SMILES string of the molecule is Cn1cc(C(N)C(=O)NCCCc2ccccc2)cn1. The highest BCUT2D eigenvalue weighted by Crippen LogP contribution is 2.08. The molecular formula is C15H20N4O. The molecule has 0 radical (unpaired) electrons. The van der Waals surface area contributed by atoms with Crippen LogP contribution in [0, 0.1) is 0 Å². The van der Waals surface area contributed by atoms with Crippen LogP contribution in [0.4, 0.5) is 0 Å². The van der Waals surface area contributed by atoms with E-state index in [2.05, 4.69) is 22.5 Å². The summed E-state index contributed by atoms with van der Waals surface area (Å²) < 4.78 is 1.64. The molecule has 5 nitrogen and oxygen atoms in total. The lowest BCUT2D eigenvalue weighted by Gasteiger charge is -2.10. The Morgan fingerprint density at radius 1 is 1.40 bits per heavy atom. The van der Waals surface area contributed by atoms with E-state index in [9.17, 15) is 4.79 Å². The molecule has 0 fully saturated rings. The molecule has 2 rings (SSSR count). The minimum Gasteiger partial charge on any atom is -0.354 e. The summed E-state index contributed by atoms with van der Waals surface area (Å²) in [6, 6.07) is 9.56. The zero-order valence-electron chi connectivity index (χ0n) is 11.6. The number of nitrogens with one attached hydrogen (secondary N) is 1. The molecule has 1 atom stereocenters. The first kappa shape index (κ1) is 14.3. The largest absolute Gasteiger partial charge is 0.354 e. The second-order valence-electron chi connectivity index (χ2n) is 4.81. The molecular weight excluding hydrogens is 252 g/mol. The normalized spacial score (nSPS) is 12.1. The van der Waals surface area contributed by atoms with Crippen LogP contribution in [-0.2, 0) is 18.3 Å². The minimum atomic E-state index is -0.652. The molecule has 0 saturated carbocycles. The number of amides is 1. The van der Waals surface area contributed by atoms with Crippen molar-refractivity contribution >= 4 is 5.91 Å². The van der Waals surface area contributed by atoms with Crippen LogP contribution in [0.1, 0.15) is 23.6 Å². The first-order valence-corrected chi connectivity index (χ1v) is 6.72. The van der Waals surface area contributed by atoms with Crippen LogP contribution in [0.25, 0.3) is 0 Å². The molecule has 5 heteroatoms. The maximum atomic E-state index is 11.9. The molecule has 20 heavy (non-hydrogen) atoms. The molecule has 0 bridgehead atoms. The van der Waals surface area contributed by atoms with Crippen LogP contribution in [-0.4, -0.2) is 22.2 Å². The molecule has 1 heterocycles. The molecule has 1 aromatic heterocycles. The maximum Gasteiger partial charge on any atom is 0.241 e. The summed E-state index contributed by atoms with van der Waals surface area (Å²) in [5, 5.41) is 6.87. The summed E-state index contributed by atoms with van der Waals surface area (Å²) in [5.74, 6) is -0.161. The van der Waals surface area contributed by atoms with Gasteiger partial charge in [0.1, 0.15) is 6.04 Å². The number of hydrogen-bond acceptors (Lipinski definition) is 3. The summed E-state index contributed by atoms with van der Waals surface area (Å²) in [7, 11) is 1.80. The number of carbonyl (C=O) groups is 1. The van der Waals surface area contributed by atoms with Gasteiger partial charge in [-0.05, 0) is 18.4 Å². The van der Waals surface area contributed by atoms with Crippen molar-refractivity contribution in [2.45, 2.75) is 18.9 Å². The fourth-order valence-corrected chi connectivity index (χ4v) is 2.01. The van der Waals surface area contributed by atoms with Crippen molar-refractivity contribution in [2.75, 3.05) is 6.54 Å². The Morgan fingerprint density at radius 3 is 2.80 bits per heavy atom. The molecule has 1 unspecified atom stereocenters. The Labute approximate surface area is 118 Å². The van der Waals surface area contributed by atoms with Crippen molar-refractivity contribution in [3.63, 3.8) is 0 Å². The Kier molecular flexibility index (Phi) is 4.90. The zero-order valence-corrected chi connectivity index (χ0v) is 11.6. The van der Waals surface area contributed by atoms with Crippen LogP contribution in [0.5, 0.6) is 0 Å². The highest BCUT2D eigenvalue weighted by Gasteiger charge is 2.16. The van der Waals surface area contributed by atoms with Crippen molar-refractivity contribution in [1.82, 2.24) is 15.1 Å². The lowest BCUT2D eigenvalue weighted by atomic mass is 10.1. The minimum absolute atomic E-state index is 0.161. The van der Waals surface area contributed by atoms with Crippen molar-refractivity contribution in [1.29, 1.82) is 0 Å². The number of rotatable bonds is 6. The van der Waals surface area contributed by atoms with Gasteiger partial charge in [-0.1, -0.05) is 30.3 Å². The predicted molar refractivity (Wildman–Crippen MR) is 77.9 cm³/mol. The molecule has 0 aliphatic carbocycles. The number of nitrogens with zero attached hydrogens (tertiary/aromatic N) is 2. The van der Waals surface area contributed by atoms with E-state index in [0.29, 0.717) is 6.54 Å². The van der Waals surface area contributed by atoms with Crippen LogP contribution in [0.15, 0.2) is 42.7 Å². The Hall–Kier alpha value is -2.14. The molecule has 0 aliphatic rings. The zero-order chi connectivity index (χ0) is 14.4. The van der Waals surface area contributed by atoms with Crippen LogP contribution in [0.2, 0.25) is 0 Å². The quantitative estimate of drug-likeness (QED) is 0.775. The monoisotopic (exact) mass is 272 g/mol.